The highest BCUT2D eigenvalue weighted by Crippen LogP contribution is 2.40. The molecule has 1 saturated heterocycles. The Bertz CT molecular complexity index is 1220. The number of non-ortho nitro benzene ring substituents is 1. The van der Waals surface area contributed by atoms with Crippen molar-refractivity contribution >= 4 is 56.6 Å². The normalized spacial score (nSPS) is 15.3. The summed E-state index contributed by atoms with van der Waals surface area (Å²) in [7, 11) is 1.45. The predicted octanol–water partition coefficient (Wildman–Crippen LogP) is 4.93. The van der Waals surface area contributed by atoms with Crippen LogP contribution in [0.25, 0.3) is 6.08 Å². The molecule has 0 bridgehead atoms. The number of hydrogen-bond donors (Lipinski definition) is 0. The lowest BCUT2D eigenvalue weighted by molar-refractivity contribution is -0.384. The van der Waals surface area contributed by atoms with Crippen molar-refractivity contribution < 1.29 is 33.5 Å². The van der Waals surface area contributed by atoms with Crippen molar-refractivity contribution in [2.75, 3.05) is 13.7 Å². The van der Waals surface area contributed by atoms with E-state index in [1.54, 1.807) is 31.2 Å². The summed E-state index contributed by atoms with van der Waals surface area (Å²) >= 11 is 4.15. The van der Waals surface area contributed by atoms with Crippen molar-refractivity contribution in [2.45, 2.75) is 26.5 Å². The van der Waals surface area contributed by atoms with Gasteiger partial charge in [-0.3, -0.25) is 24.6 Å². The molecular formula is C23H21BrN2O8S. The number of nitrogens with zero attached hydrogens (tertiary/aromatic N) is 2. The van der Waals surface area contributed by atoms with Gasteiger partial charge in [-0.1, -0.05) is 12.1 Å². The van der Waals surface area contributed by atoms with Gasteiger partial charge in [0.05, 0.1) is 28.0 Å². The lowest BCUT2D eigenvalue weighted by Crippen LogP contribution is -2.42. The Kier molecular flexibility index (Phi) is 8.52. The monoisotopic (exact) mass is 564 g/mol. The molecule has 1 aliphatic rings. The molecule has 2 amide bonds. The van der Waals surface area contributed by atoms with E-state index in [1.807, 2.05) is 0 Å². The van der Waals surface area contributed by atoms with Crippen LogP contribution in [0, 0.1) is 10.1 Å². The van der Waals surface area contributed by atoms with Gasteiger partial charge < -0.3 is 14.2 Å². The quantitative estimate of drug-likeness (QED) is 0.180. The molecule has 0 N–H and O–H groups in total. The van der Waals surface area contributed by atoms with E-state index in [2.05, 4.69) is 15.9 Å². The Labute approximate surface area is 213 Å². The summed E-state index contributed by atoms with van der Waals surface area (Å²) in [6.07, 6.45) is 1.51. The van der Waals surface area contributed by atoms with Gasteiger partial charge in [0.1, 0.15) is 12.6 Å². The van der Waals surface area contributed by atoms with Crippen LogP contribution in [-0.4, -0.2) is 46.7 Å². The predicted molar refractivity (Wildman–Crippen MR) is 132 cm³/mol. The number of ether oxygens (including phenoxy) is 3. The molecule has 12 heteroatoms. The third-order valence-electron chi connectivity index (χ3n) is 4.89. The highest BCUT2D eigenvalue weighted by atomic mass is 79.9. The number of thioether (sulfide) groups is 1. The Morgan fingerprint density at radius 3 is 2.69 bits per heavy atom. The second kappa shape index (κ2) is 11.4. The maximum Gasteiger partial charge on any atom is 0.329 e. The number of rotatable bonds is 9. The summed E-state index contributed by atoms with van der Waals surface area (Å²) in [4.78, 5) is 48.7. The first kappa shape index (κ1) is 26.2. The first-order valence-electron chi connectivity index (χ1n) is 10.3. The number of carbonyl (C=O) groups excluding carboxylic acids is 3. The van der Waals surface area contributed by atoms with E-state index < -0.39 is 28.1 Å². The maximum atomic E-state index is 12.8. The summed E-state index contributed by atoms with van der Waals surface area (Å²) in [5.74, 6) is -0.553. The van der Waals surface area contributed by atoms with Gasteiger partial charge in [0, 0.05) is 12.1 Å². The second-order valence-corrected chi connectivity index (χ2v) is 9.08. The topological polar surface area (TPSA) is 125 Å². The van der Waals surface area contributed by atoms with E-state index >= 15 is 0 Å². The van der Waals surface area contributed by atoms with Crippen LogP contribution in [0.3, 0.4) is 0 Å². The summed E-state index contributed by atoms with van der Waals surface area (Å²) in [5, 5.41) is 10.4. The van der Waals surface area contributed by atoms with Crippen LogP contribution >= 0.6 is 27.7 Å². The second-order valence-electron chi connectivity index (χ2n) is 7.23. The molecular weight excluding hydrogens is 544 g/mol. The van der Waals surface area contributed by atoms with Crippen LogP contribution in [-0.2, 0) is 20.9 Å². The van der Waals surface area contributed by atoms with E-state index in [0.29, 0.717) is 27.1 Å². The molecule has 184 valence electrons. The fourth-order valence-electron chi connectivity index (χ4n) is 3.21. The van der Waals surface area contributed by atoms with Crippen LogP contribution in [0.15, 0.2) is 45.8 Å². The molecule has 35 heavy (non-hydrogen) atoms. The minimum atomic E-state index is -1.04. The Morgan fingerprint density at radius 2 is 2.03 bits per heavy atom. The van der Waals surface area contributed by atoms with E-state index in [0.717, 1.165) is 16.7 Å². The zero-order valence-corrected chi connectivity index (χ0v) is 21.4. The van der Waals surface area contributed by atoms with E-state index in [-0.39, 0.29) is 23.8 Å². The Balaban J connectivity index is 1.82. The average Bonchev–Trinajstić information content (AvgIpc) is 3.10. The van der Waals surface area contributed by atoms with Gasteiger partial charge in [-0.15, -0.1) is 0 Å². The number of methoxy groups -OCH3 is 1. The van der Waals surface area contributed by atoms with Crippen molar-refractivity contribution in [3.05, 3.63) is 67.0 Å². The van der Waals surface area contributed by atoms with Gasteiger partial charge in [0.2, 0.25) is 0 Å². The third kappa shape index (κ3) is 6.01. The van der Waals surface area contributed by atoms with E-state index in [9.17, 15) is 24.5 Å². The zero-order chi connectivity index (χ0) is 25.7. The zero-order valence-electron chi connectivity index (χ0n) is 19.0. The SMILES string of the molecule is CCOC(=O)[C@@H](C)N1C(=O)S/C(=C/c2cc(Br)c(OCc3cccc([N+](=O)[O-])c3)c(OC)c2)C1=O. The molecule has 10 nitrogen and oxygen atoms in total. The number of amides is 2. The highest BCUT2D eigenvalue weighted by molar-refractivity contribution is 9.10. The number of nitro benzene ring substituents is 1. The number of halogens is 1. The molecule has 1 heterocycles. The van der Waals surface area contributed by atoms with Gasteiger partial charge >= 0.3 is 5.97 Å². The minimum absolute atomic E-state index is 0.0429. The van der Waals surface area contributed by atoms with Crippen molar-refractivity contribution in [1.82, 2.24) is 4.90 Å². The summed E-state index contributed by atoms with van der Waals surface area (Å²) in [6, 6.07) is 8.34. The first-order chi connectivity index (χ1) is 16.7. The maximum absolute atomic E-state index is 12.8. The lowest BCUT2D eigenvalue weighted by atomic mass is 10.1. The number of esters is 1. The van der Waals surface area contributed by atoms with Gasteiger partial charge in [0.15, 0.2) is 11.5 Å². The van der Waals surface area contributed by atoms with Crippen LogP contribution in [0.5, 0.6) is 11.5 Å². The number of hydrogen-bond acceptors (Lipinski definition) is 9. The molecule has 3 rings (SSSR count). The van der Waals surface area contributed by atoms with Crippen molar-refractivity contribution in [1.29, 1.82) is 0 Å². The van der Waals surface area contributed by atoms with E-state index in [1.165, 1.54) is 32.2 Å². The first-order valence-corrected chi connectivity index (χ1v) is 11.9. The van der Waals surface area contributed by atoms with Crippen molar-refractivity contribution in [3.8, 4) is 11.5 Å². The highest BCUT2D eigenvalue weighted by Gasteiger charge is 2.41. The lowest BCUT2D eigenvalue weighted by Gasteiger charge is -2.19. The molecule has 2 aromatic rings. The van der Waals surface area contributed by atoms with Crippen molar-refractivity contribution in [3.63, 3.8) is 0 Å². The molecule has 0 unspecified atom stereocenters. The number of nitro groups is 1. The fourth-order valence-corrected chi connectivity index (χ4v) is 4.69. The van der Waals surface area contributed by atoms with Gasteiger partial charge in [-0.2, -0.15) is 0 Å². The fraction of sp³-hybridized carbons (Fsp3) is 0.261. The largest absolute Gasteiger partial charge is 0.493 e. The number of benzene rings is 2. The van der Waals surface area contributed by atoms with E-state index in [4.69, 9.17) is 14.2 Å². The number of imide groups is 1. The van der Waals surface area contributed by atoms with Crippen LogP contribution in [0.1, 0.15) is 25.0 Å². The molecule has 2 aromatic carbocycles. The van der Waals surface area contributed by atoms with Gasteiger partial charge in [-0.05, 0) is 70.9 Å². The Hall–Kier alpha value is -3.38. The molecule has 1 atom stereocenters. The van der Waals surface area contributed by atoms with Crippen LogP contribution in [0.2, 0.25) is 0 Å². The summed E-state index contributed by atoms with van der Waals surface area (Å²) < 4.78 is 16.7. The van der Waals surface area contributed by atoms with Gasteiger partial charge in [0.25, 0.3) is 16.8 Å². The Morgan fingerprint density at radius 1 is 1.29 bits per heavy atom. The van der Waals surface area contributed by atoms with Crippen LogP contribution < -0.4 is 9.47 Å². The van der Waals surface area contributed by atoms with Crippen LogP contribution in [0.4, 0.5) is 10.5 Å². The van der Waals surface area contributed by atoms with Gasteiger partial charge in [-0.25, -0.2) is 4.79 Å². The third-order valence-corrected chi connectivity index (χ3v) is 6.37. The minimum Gasteiger partial charge on any atom is -0.493 e. The molecule has 0 radical (unpaired) electrons. The smallest absolute Gasteiger partial charge is 0.329 e. The summed E-state index contributed by atoms with van der Waals surface area (Å²) in [6.45, 7) is 3.27. The average molecular weight is 565 g/mol. The number of carbonyl (C=O) groups is 3. The standard InChI is InChI=1S/C23H21BrN2O8S/c1-4-33-22(28)13(2)25-21(27)19(35-23(25)29)11-15-9-17(24)20(18(10-15)32-3)34-12-14-6-5-7-16(8-14)26(30)31/h5-11,13H,4,12H2,1-3H3/b19-11+/t13-/m1/s1. The summed E-state index contributed by atoms with van der Waals surface area (Å²) in [5.41, 5.74) is 1.10. The molecule has 0 saturated carbocycles. The molecule has 0 aliphatic carbocycles. The molecule has 0 spiro atoms. The molecule has 0 aromatic heterocycles. The molecule has 1 fully saturated rings. The van der Waals surface area contributed by atoms with Crippen molar-refractivity contribution in [2.24, 2.45) is 0 Å². The molecule has 1 aliphatic heterocycles.